The average Bonchev–Trinajstić information content (AvgIpc) is 3.29. The van der Waals surface area contributed by atoms with Crippen LogP contribution in [-0.2, 0) is 4.74 Å². The molecule has 2 fully saturated rings. The summed E-state index contributed by atoms with van der Waals surface area (Å²) in [4.78, 5) is 13.7. The van der Waals surface area contributed by atoms with Gasteiger partial charge in [-0.15, -0.1) is 11.3 Å². The first kappa shape index (κ1) is 20.0. The Morgan fingerprint density at radius 3 is 2.96 bits per heavy atom. The minimum Gasteiger partial charge on any atom is -0.381 e. The van der Waals surface area contributed by atoms with E-state index >= 15 is 0 Å². The van der Waals surface area contributed by atoms with E-state index in [-0.39, 0.29) is 5.91 Å². The van der Waals surface area contributed by atoms with Gasteiger partial charge >= 0.3 is 0 Å². The summed E-state index contributed by atoms with van der Waals surface area (Å²) in [5.74, 6) is 1.22. The van der Waals surface area contributed by atoms with E-state index < -0.39 is 0 Å². The Kier molecular flexibility index (Phi) is 7.04. The van der Waals surface area contributed by atoms with Crippen molar-refractivity contribution >= 4 is 24.0 Å². The predicted octanol–water partition coefficient (Wildman–Crippen LogP) is 3.15. The summed E-state index contributed by atoms with van der Waals surface area (Å²) in [6.45, 7) is 10.9. The first-order valence-corrected chi connectivity index (χ1v) is 10.6. The normalized spacial score (nSPS) is 23.1. The van der Waals surface area contributed by atoms with Gasteiger partial charge in [-0.2, -0.15) is 5.10 Å². The van der Waals surface area contributed by atoms with Gasteiger partial charge in [0.15, 0.2) is 0 Å². The second-order valence-corrected chi connectivity index (χ2v) is 8.26. The van der Waals surface area contributed by atoms with E-state index in [2.05, 4.69) is 22.5 Å². The van der Waals surface area contributed by atoms with Crippen LogP contribution in [0, 0.1) is 5.92 Å². The average molecular weight is 391 g/mol. The third-order valence-corrected chi connectivity index (χ3v) is 6.27. The van der Waals surface area contributed by atoms with Crippen LogP contribution in [0.2, 0.25) is 0 Å². The quantitative estimate of drug-likeness (QED) is 0.502. The van der Waals surface area contributed by atoms with E-state index in [4.69, 9.17) is 4.74 Å². The van der Waals surface area contributed by atoms with Gasteiger partial charge in [0.05, 0.1) is 5.56 Å². The van der Waals surface area contributed by atoms with Crippen molar-refractivity contribution in [1.82, 2.24) is 15.6 Å². The van der Waals surface area contributed by atoms with Gasteiger partial charge in [0.2, 0.25) is 0 Å². The zero-order valence-electron chi connectivity index (χ0n) is 16.2. The number of carbonyl (C=O) groups excluding carboxylic acids is 1. The number of allylic oxidation sites excluding steroid dienone is 1. The van der Waals surface area contributed by atoms with E-state index in [0.717, 1.165) is 49.8 Å². The minimum absolute atomic E-state index is 0.0706. The second-order valence-electron chi connectivity index (χ2n) is 7.31. The molecule has 7 heteroatoms. The number of hydrogen-bond donors (Lipinski definition) is 2. The lowest BCUT2D eigenvalue weighted by atomic mass is 10.0. The van der Waals surface area contributed by atoms with Crippen LogP contribution in [0.3, 0.4) is 0 Å². The Bertz CT molecular complexity index is 681. The number of carbonyl (C=O) groups is 1. The Morgan fingerprint density at radius 2 is 2.26 bits per heavy atom. The number of rotatable bonds is 9. The molecule has 1 saturated heterocycles. The lowest BCUT2D eigenvalue weighted by Gasteiger charge is -2.22. The molecule has 2 N–H and O–H groups in total. The van der Waals surface area contributed by atoms with E-state index in [1.54, 1.807) is 22.5 Å². The van der Waals surface area contributed by atoms with Crippen LogP contribution in [0.4, 0.5) is 0 Å². The number of thiophene rings is 1. The molecule has 2 heterocycles. The molecule has 0 bridgehead atoms. The molecule has 1 aromatic heterocycles. The van der Waals surface area contributed by atoms with Crippen molar-refractivity contribution in [3.05, 3.63) is 33.8 Å². The molecule has 1 aliphatic heterocycles. The van der Waals surface area contributed by atoms with Crippen LogP contribution in [0.5, 0.6) is 0 Å². The number of nitrogens with zero attached hydrogens (tertiary/aromatic N) is 2. The topological polar surface area (TPSA) is 66.0 Å². The summed E-state index contributed by atoms with van der Waals surface area (Å²) in [5.41, 5.74) is 1.48. The van der Waals surface area contributed by atoms with E-state index in [9.17, 15) is 4.79 Å². The molecule has 1 aliphatic carbocycles. The monoisotopic (exact) mass is 390 g/mol. The molecule has 27 heavy (non-hydrogen) atoms. The van der Waals surface area contributed by atoms with Gasteiger partial charge < -0.3 is 15.4 Å². The van der Waals surface area contributed by atoms with Gasteiger partial charge in [0.25, 0.3) is 5.91 Å². The maximum atomic E-state index is 12.4. The maximum Gasteiger partial charge on any atom is 0.256 e. The summed E-state index contributed by atoms with van der Waals surface area (Å²) < 4.78 is 5.42. The largest absolute Gasteiger partial charge is 0.381 e. The molecular formula is C20H30N4O2S. The van der Waals surface area contributed by atoms with Crippen molar-refractivity contribution in [2.24, 2.45) is 11.0 Å². The number of hydrazone groups is 1. The van der Waals surface area contributed by atoms with Crippen molar-refractivity contribution in [3.63, 3.8) is 0 Å². The molecule has 1 saturated carbocycles. The van der Waals surface area contributed by atoms with Crippen LogP contribution in [-0.4, -0.2) is 50.0 Å². The highest BCUT2D eigenvalue weighted by atomic mass is 32.1. The van der Waals surface area contributed by atoms with E-state index in [1.807, 2.05) is 25.3 Å². The fourth-order valence-corrected chi connectivity index (χ4v) is 4.48. The molecule has 6 nitrogen and oxygen atoms in total. The van der Waals surface area contributed by atoms with Crippen molar-refractivity contribution in [3.8, 4) is 0 Å². The van der Waals surface area contributed by atoms with Gasteiger partial charge in [-0.05, 0) is 51.6 Å². The SMILES string of the molecule is C=NN(/C=C(\C)NC(=O)c1csc([C@@H]2C[C@H]2NCC2CCOCC2)c1)CC. The lowest BCUT2D eigenvalue weighted by Crippen LogP contribution is -2.29. The minimum atomic E-state index is -0.0706. The van der Waals surface area contributed by atoms with E-state index in [0.29, 0.717) is 18.5 Å². The summed E-state index contributed by atoms with van der Waals surface area (Å²) in [5, 5.41) is 14.1. The smallest absolute Gasteiger partial charge is 0.256 e. The number of amides is 1. The van der Waals surface area contributed by atoms with Crippen LogP contribution >= 0.6 is 11.3 Å². The van der Waals surface area contributed by atoms with Crippen molar-refractivity contribution in [2.45, 2.75) is 45.1 Å². The zero-order chi connectivity index (χ0) is 19.2. The highest BCUT2D eigenvalue weighted by molar-refractivity contribution is 7.10. The zero-order valence-corrected chi connectivity index (χ0v) is 17.1. The highest BCUT2D eigenvalue weighted by Gasteiger charge is 2.39. The van der Waals surface area contributed by atoms with E-state index in [1.165, 1.54) is 11.3 Å². The number of hydrogen-bond acceptors (Lipinski definition) is 6. The van der Waals surface area contributed by atoms with Crippen molar-refractivity contribution < 1.29 is 9.53 Å². The van der Waals surface area contributed by atoms with Crippen LogP contribution in [0.15, 0.2) is 28.4 Å². The Labute approximate surface area is 165 Å². The number of nitrogens with one attached hydrogen (secondary N) is 2. The third-order valence-electron chi connectivity index (χ3n) is 5.21. The maximum absolute atomic E-state index is 12.4. The van der Waals surface area contributed by atoms with Gasteiger partial charge in [-0.25, -0.2) is 0 Å². The molecule has 2 aliphatic rings. The summed E-state index contributed by atoms with van der Waals surface area (Å²) >= 11 is 1.68. The standard InChI is InChI=1S/C20H30N4O2S/c1-4-24(21-3)12-14(2)23-20(25)16-9-19(27-13-16)17-10-18(17)22-11-15-5-7-26-8-6-15/h9,12-13,15,17-18,22H,3-8,10-11H2,1-2H3,(H,23,25)/b14-12+/t17-,18-/m1/s1. The molecule has 1 amide bonds. The fraction of sp³-hybridized carbons (Fsp3) is 0.600. The molecule has 1 aromatic rings. The Hall–Kier alpha value is -1.70. The lowest BCUT2D eigenvalue weighted by molar-refractivity contribution is 0.0662. The summed E-state index contributed by atoms with van der Waals surface area (Å²) in [6, 6.07) is 2.60. The molecular weight excluding hydrogens is 360 g/mol. The fourth-order valence-electron chi connectivity index (χ4n) is 3.41. The van der Waals surface area contributed by atoms with Crippen molar-refractivity contribution in [1.29, 1.82) is 0 Å². The molecule has 2 atom stereocenters. The molecule has 0 unspecified atom stereocenters. The first-order valence-electron chi connectivity index (χ1n) is 9.73. The molecule has 3 rings (SSSR count). The summed E-state index contributed by atoms with van der Waals surface area (Å²) in [7, 11) is 0. The van der Waals surface area contributed by atoms with Crippen LogP contribution < -0.4 is 10.6 Å². The predicted molar refractivity (Wildman–Crippen MR) is 110 cm³/mol. The van der Waals surface area contributed by atoms with Gasteiger partial charge in [0.1, 0.15) is 0 Å². The van der Waals surface area contributed by atoms with Crippen LogP contribution in [0.1, 0.15) is 54.3 Å². The molecule has 148 valence electrons. The highest BCUT2D eigenvalue weighted by Crippen LogP contribution is 2.43. The summed E-state index contributed by atoms with van der Waals surface area (Å²) in [6.07, 6.45) is 5.28. The van der Waals surface area contributed by atoms with Gasteiger partial charge in [0, 0.05) is 60.6 Å². The Morgan fingerprint density at radius 1 is 1.48 bits per heavy atom. The second kappa shape index (κ2) is 9.48. The molecule has 0 spiro atoms. The molecule has 0 radical (unpaired) electrons. The van der Waals surface area contributed by atoms with Crippen molar-refractivity contribution in [2.75, 3.05) is 26.3 Å². The van der Waals surface area contributed by atoms with Gasteiger partial charge in [-0.3, -0.25) is 9.80 Å². The number of ether oxygens (including phenoxy) is 1. The molecule has 0 aromatic carbocycles. The Balaban J connectivity index is 1.47. The third kappa shape index (κ3) is 5.64. The van der Waals surface area contributed by atoms with Crippen LogP contribution in [0.25, 0.3) is 0 Å². The first-order chi connectivity index (χ1) is 13.1. The van der Waals surface area contributed by atoms with Gasteiger partial charge in [-0.1, -0.05) is 0 Å².